The Morgan fingerprint density at radius 2 is 1.65 bits per heavy atom. The van der Waals surface area contributed by atoms with E-state index in [4.69, 9.17) is 9.73 Å². The zero-order valence-corrected chi connectivity index (χ0v) is 12.7. The summed E-state index contributed by atoms with van der Waals surface area (Å²) in [6.07, 6.45) is 5.55. The van der Waals surface area contributed by atoms with E-state index in [1.54, 1.807) is 0 Å². The summed E-state index contributed by atoms with van der Waals surface area (Å²) in [5.41, 5.74) is 1.15. The molecule has 4 rings (SSSR count). The summed E-state index contributed by atoms with van der Waals surface area (Å²) in [5.74, 6) is 0.212. The fourth-order valence-electron chi connectivity index (χ4n) is 3.41. The number of nitrogens with zero attached hydrogens (tertiary/aromatic N) is 1. The van der Waals surface area contributed by atoms with Crippen LogP contribution in [0.2, 0.25) is 0 Å². The predicted octanol–water partition coefficient (Wildman–Crippen LogP) is 3.86. The Bertz CT molecular complexity index is 780. The lowest BCUT2D eigenvalue weighted by molar-refractivity contribution is -0.139. The maximum Gasteiger partial charge on any atom is 0.341 e. The highest BCUT2D eigenvalue weighted by molar-refractivity contribution is 6.08. The molecule has 1 spiro atoms. The summed E-state index contributed by atoms with van der Waals surface area (Å²) in [6, 6.07) is 19.7. The third-order valence-electron chi connectivity index (χ3n) is 4.61. The van der Waals surface area contributed by atoms with Crippen LogP contribution >= 0.6 is 0 Å². The van der Waals surface area contributed by atoms with E-state index in [2.05, 4.69) is 18.2 Å². The van der Waals surface area contributed by atoms with Gasteiger partial charge in [0.25, 0.3) is 0 Å². The zero-order chi connectivity index (χ0) is 15.7. The van der Waals surface area contributed by atoms with E-state index in [0.717, 1.165) is 17.5 Å². The summed E-state index contributed by atoms with van der Waals surface area (Å²) in [4.78, 5) is 17.5. The van der Waals surface area contributed by atoms with Crippen molar-refractivity contribution in [3.63, 3.8) is 0 Å². The van der Waals surface area contributed by atoms with Crippen molar-refractivity contribution in [1.29, 1.82) is 0 Å². The highest BCUT2D eigenvalue weighted by Crippen LogP contribution is 2.44. The van der Waals surface area contributed by atoms with Crippen LogP contribution < -0.4 is 0 Å². The van der Waals surface area contributed by atoms with Crippen molar-refractivity contribution < 1.29 is 9.53 Å². The highest BCUT2D eigenvalue weighted by atomic mass is 16.6. The third-order valence-corrected chi connectivity index (χ3v) is 4.61. The number of aliphatic imine (C=N–C) groups is 1. The van der Waals surface area contributed by atoms with E-state index < -0.39 is 5.54 Å². The minimum atomic E-state index is -0.832. The number of hydrogen-bond donors (Lipinski definition) is 0. The van der Waals surface area contributed by atoms with Crippen LogP contribution in [0.25, 0.3) is 0 Å². The molecule has 0 saturated heterocycles. The number of ether oxygens (including phenoxy) is 1. The van der Waals surface area contributed by atoms with Gasteiger partial charge in [0.05, 0.1) is 0 Å². The molecule has 2 aromatic rings. The van der Waals surface area contributed by atoms with Crippen LogP contribution in [0.3, 0.4) is 0 Å². The van der Waals surface area contributed by atoms with Gasteiger partial charge in [-0.2, -0.15) is 0 Å². The zero-order valence-electron chi connectivity index (χ0n) is 12.7. The van der Waals surface area contributed by atoms with Crippen molar-refractivity contribution in [2.24, 2.45) is 4.99 Å². The molecule has 0 radical (unpaired) electrons. The Morgan fingerprint density at radius 3 is 2.39 bits per heavy atom. The molecule has 2 aromatic carbocycles. The van der Waals surface area contributed by atoms with Gasteiger partial charge in [0.15, 0.2) is 5.54 Å². The highest BCUT2D eigenvalue weighted by Gasteiger charge is 2.52. The number of esters is 1. The van der Waals surface area contributed by atoms with Gasteiger partial charge in [-0.05, 0) is 24.1 Å². The lowest BCUT2D eigenvalue weighted by atomic mass is 9.73. The second-order valence-electron chi connectivity index (χ2n) is 5.97. The fraction of sp³-hybridized carbons (Fsp3) is 0.200. The number of rotatable bonds is 2. The molecular formula is C20H17NO2. The molecule has 23 heavy (non-hydrogen) atoms. The van der Waals surface area contributed by atoms with E-state index in [9.17, 15) is 4.79 Å². The molecule has 0 fully saturated rings. The van der Waals surface area contributed by atoms with Crippen molar-refractivity contribution in [1.82, 2.24) is 0 Å². The number of cyclic esters (lactones) is 1. The summed E-state index contributed by atoms with van der Waals surface area (Å²) in [5, 5.41) is 0. The van der Waals surface area contributed by atoms with Gasteiger partial charge in [0.2, 0.25) is 5.90 Å². The van der Waals surface area contributed by atoms with Gasteiger partial charge in [-0.25, -0.2) is 9.79 Å². The lowest BCUT2D eigenvalue weighted by Crippen LogP contribution is -2.41. The van der Waals surface area contributed by atoms with Crippen molar-refractivity contribution >= 4 is 11.9 Å². The molecule has 0 aromatic heterocycles. The first-order chi connectivity index (χ1) is 11.3. The summed E-state index contributed by atoms with van der Waals surface area (Å²) in [6.45, 7) is 0. The molecule has 114 valence electrons. The Kier molecular flexibility index (Phi) is 3.34. The van der Waals surface area contributed by atoms with Crippen LogP contribution in [0, 0.1) is 0 Å². The third kappa shape index (κ3) is 2.29. The van der Waals surface area contributed by atoms with Gasteiger partial charge in [0, 0.05) is 17.9 Å². The number of carbonyl (C=O) groups is 1. The van der Waals surface area contributed by atoms with Crippen molar-refractivity contribution in [3.8, 4) is 0 Å². The van der Waals surface area contributed by atoms with Crippen LogP contribution in [0.1, 0.15) is 29.9 Å². The average molecular weight is 303 g/mol. The number of carbonyl (C=O) groups excluding carboxylic acids is 1. The van der Waals surface area contributed by atoms with Gasteiger partial charge in [-0.3, -0.25) is 0 Å². The normalized spacial score (nSPS) is 26.2. The van der Waals surface area contributed by atoms with Gasteiger partial charge in [0.1, 0.15) is 0 Å². The molecule has 3 heteroatoms. The van der Waals surface area contributed by atoms with Gasteiger partial charge in [-0.1, -0.05) is 60.7 Å². The lowest BCUT2D eigenvalue weighted by Gasteiger charge is -2.33. The van der Waals surface area contributed by atoms with Crippen molar-refractivity contribution in [2.45, 2.75) is 24.3 Å². The van der Waals surface area contributed by atoms with E-state index in [0.29, 0.717) is 12.3 Å². The predicted molar refractivity (Wildman–Crippen MR) is 89.4 cm³/mol. The Balaban J connectivity index is 1.79. The van der Waals surface area contributed by atoms with Crippen molar-refractivity contribution in [2.75, 3.05) is 0 Å². The molecule has 0 bridgehead atoms. The first kappa shape index (κ1) is 13.9. The second kappa shape index (κ2) is 5.51. The minimum absolute atomic E-state index is 0.0161. The quantitative estimate of drug-likeness (QED) is 0.624. The van der Waals surface area contributed by atoms with Crippen LogP contribution in [0.5, 0.6) is 0 Å². The molecule has 2 aliphatic rings. The Labute approximate surface area is 135 Å². The van der Waals surface area contributed by atoms with E-state index in [1.165, 1.54) is 0 Å². The number of hydrogen-bond acceptors (Lipinski definition) is 3. The smallest absolute Gasteiger partial charge is 0.341 e. The summed E-state index contributed by atoms with van der Waals surface area (Å²) in [7, 11) is 0. The molecule has 0 unspecified atom stereocenters. The molecule has 0 amide bonds. The molecule has 0 N–H and O–H groups in total. The van der Waals surface area contributed by atoms with Crippen LogP contribution in [-0.4, -0.2) is 17.4 Å². The van der Waals surface area contributed by atoms with E-state index in [-0.39, 0.29) is 11.9 Å². The molecule has 0 saturated carbocycles. The molecule has 1 aliphatic carbocycles. The molecule has 1 aliphatic heterocycles. The maximum atomic E-state index is 12.7. The van der Waals surface area contributed by atoms with Gasteiger partial charge in [-0.15, -0.1) is 0 Å². The molecule has 2 atom stereocenters. The Hall–Kier alpha value is -2.68. The monoisotopic (exact) mass is 303 g/mol. The van der Waals surface area contributed by atoms with E-state index >= 15 is 0 Å². The largest absolute Gasteiger partial charge is 0.405 e. The topological polar surface area (TPSA) is 38.7 Å². The first-order valence-corrected chi connectivity index (χ1v) is 7.87. The van der Waals surface area contributed by atoms with E-state index in [1.807, 2.05) is 54.6 Å². The van der Waals surface area contributed by atoms with Crippen LogP contribution in [0.4, 0.5) is 0 Å². The van der Waals surface area contributed by atoms with Crippen molar-refractivity contribution in [3.05, 3.63) is 83.9 Å². The molecule has 1 heterocycles. The second-order valence-corrected chi connectivity index (χ2v) is 5.97. The summed E-state index contributed by atoms with van der Waals surface area (Å²) < 4.78 is 5.57. The summed E-state index contributed by atoms with van der Waals surface area (Å²) >= 11 is 0. The molecule has 3 nitrogen and oxygen atoms in total. The standard InChI is InChI=1S/C20H17NO2/c22-19-20(21-18(23-19)16-11-5-2-6-12-16)14-8-7-13-17(20)15-9-3-1-4-10-15/h1-12,17H,13-14H2/t17-,20+/m0/s1. The average Bonchev–Trinajstić information content (AvgIpc) is 2.94. The SMILES string of the molecule is O=C1OC(c2ccccc2)=N[C@@]12CC=CC[C@H]2c1ccccc1. The fourth-order valence-corrected chi connectivity index (χ4v) is 3.41. The maximum absolute atomic E-state index is 12.7. The first-order valence-electron chi connectivity index (χ1n) is 7.87. The number of allylic oxidation sites excluding steroid dienone is 1. The molecular weight excluding hydrogens is 286 g/mol. The van der Waals surface area contributed by atoms with Crippen LogP contribution in [0.15, 0.2) is 77.8 Å². The van der Waals surface area contributed by atoms with Gasteiger partial charge >= 0.3 is 5.97 Å². The van der Waals surface area contributed by atoms with Crippen LogP contribution in [-0.2, 0) is 9.53 Å². The van der Waals surface area contributed by atoms with Gasteiger partial charge < -0.3 is 4.74 Å². The number of benzene rings is 2. The Morgan fingerprint density at radius 1 is 0.957 bits per heavy atom. The minimum Gasteiger partial charge on any atom is -0.405 e.